The molecule has 19 heavy (non-hydrogen) atoms. The predicted molar refractivity (Wildman–Crippen MR) is 73.7 cm³/mol. The minimum absolute atomic E-state index is 0.0450. The van der Waals surface area contributed by atoms with Crippen LogP contribution in [-0.4, -0.2) is 16.2 Å². The topological polar surface area (TPSA) is 59.0 Å². The molecule has 0 aliphatic carbocycles. The van der Waals surface area contributed by atoms with Crippen LogP contribution < -0.4 is 16.1 Å². The molecule has 0 unspecified atom stereocenters. The van der Waals surface area contributed by atoms with Crippen molar-refractivity contribution in [3.8, 4) is 0 Å². The maximum absolute atomic E-state index is 12.6. The van der Waals surface area contributed by atoms with Gasteiger partial charge in [-0.3, -0.25) is 15.1 Å². The summed E-state index contributed by atoms with van der Waals surface area (Å²) in [6.07, 6.45) is 4.94. The SMILES string of the molecule is O=c1c2c3c4c5c(ccn4CC[C@H]3NCN2)cnc15. The van der Waals surface area contributed by atoms with Crippen LogP contribution in [0, 0.1) is 0 Å². The molecule has 0 saturated carbocycles. The Morgan fingerprint density at radius 2 is 2.37 bits per heavy atom. The van der Waals surface area contributed by atoms with Crippen molar-refractivity contribution >= 4 is 27.5 Å². The number of anilines is 1. The van der Waals surface area contributed by atoms with Gasteiger partial charge in [0, 0.05) is 41.3 Å². The molecule has 2 N–H and O–H groups in total. The molecule has 4 heterocycles. The first-order chi connectivity index (χ1) is 9.34. The number of pyridine rings is 1. The fourth-order valence-corrected chi connectivity index (χ4v) is 3.56. The van der Waals surface area contributed by atoms with Crippen molar-refractivity contribution in [1.82, 2.24) is 14.9 Å². The fraction of sp³-hybridized carbons (Fsp3) is 0.286. The van der Waals surface area contributed by atoms with Crippen molar-refractivity contribution in [2.45, 2.75) is 19.0 Å². The fourth-order valence-electron chi connectivity index (χ4n) is 3.56. The van der Waals surface area contributed by atoms with Crippen LogP contribution in [0.15, 0.2) is 23.3 Å². The molecular weight excluding hydrogens is 240 g/mol. The van der Waals surface area contributed by atoms with Crippen LogP contribution in [0.2, 0.25) is 0 Å². The summed E-state index contributed by atoms with van der Waals surface area (Å²) in [5.41, 5.74) is 3.71. The molecule has 0 fully saturated rings. The summed E-state index contributed by atoms with van der Waals surface area (Å²) >= 11 is 0. The number of nitrogens with zero attached hydrogens (tertiary/aromatic N) is 2. The highest BCUT2D eigenvalue weighted by molar-refractivity contribution is 6.11. The Labute approximate surface area is 108 Å². The maximum Gasteiger partial charge on any atom is 0.228 e. The Morgan fingerprint density at radius 3 is 3.32 bits per heavy atom. The van der Waals surface area contributed by atoms with E-state index < -0.39 is 0 Å². The van der Waals surface area contributed by atoms with E-state index in [4.69, 9.17) is 0 Å². The van der Waals surface area contributed by atoms with Gasteiger partial charge in [-0.25, -0.2) is 0 Å². The zero-order chi connectivity index (χ0) is 12.6. The van der Waals surface area contributed by atoms with Crippen LogP contribution >= 0.6 is 0 Å². The first kappa shape index (κ1) is 9.75. The Kier molecular flexibility index (Phi) is 1.57. The first-order valence-corrected chi connectivity index (χ1v) is 6.59. The number of hydrogen-bond acceptors (Lipinski definition) is 4. The van der Waals surface area contributed by atoms with E-state index >= 15 is 0 Å². The zero-order valence-corrected chi connectivity index (χ0v) is 10.2. The second-order valence-corrected chi connectivity index (χ2v) is 5.31. The standard InChI is InChI=1S/C14H12N4O/c19-14-11-9-7(5-15-11)1-3-18-4-2-8-10(13(9)18)12(14)17-6-16-8/h1,3,5,8,16-17H,2,4,6H2/t8-/m1/s1. The van der Waals surface area contributed by atoms with Crippen LogP contribution in [-0.2, 0) is 6.54 Å². The van der Waals surface area contributed by atoms with Gasteiger partial charge < -0.3 is 9.88 Å². The lowest BCUT2D eigenvalue weighted by molar-refractivity contribution is 0.452. The van der Waals surface area contributed by atoms with E-state index in [2.05, 4.69) is 32.4 Å². The van der Waals surface area contributed by atoms with Crippen molar-refractivity contribution in [2.75, 3.05) is 12.0 Å². The van der Waals surface area contributed by atoms with Gasteiger partial charge in [0.2, 0.25) is 5.43 Å². The molecule has 0 radical (unpaired) electrons. The van der Waals surface area contributed by atoms with Gasteiger partial charge in [0.05, 0.1) is 17.9 Å². The Balaban J connectivity index is 2.15. The second kappa shape index (κ2) is 3.05. The zero-order valence-electron chi connectivity index (χ0n) is 10.2. The van der Waals surface area contributed by atoms with Gasteiger partial charge in [-0.2, -0.15) is 0 Å². The van der Waals surface area contributed by atoms with Gasteiger partial charge in [0.25, 0.3) is 0 Å². The van der Waals surface area contributed by atoms with E-state index in [0.29, 0.717) is 12.2 Å². The van der Waals surface area contributed by atoms with Crippen molar-refractivity contribution < 1.29 is 0 Å². The first-order valence-electron chi connectivity index (χ1n) is 6.59. The molecule has 2 aliphatic heterocycles. The summed E-state index contributed by atoms with van der Waals surface area (Å²) in [6, 6.07) is 2.34. The summed E-state index contributed by atoms with van der Waals surface area (Å²) in [7, 11) is 0. The van der Waals surface area contributed by atoms with Crippen LogP contribution in [0.25, 0.3) is 21.8 Å². The van der Waals surface area contributed by atoms with Crippen molar-refractivity contribution in [3.63, 3.8) is 0 Å². The average molecular weight is 252 g/mol. The molecule has 1 aromatic carbocycles. The van der Waals surface area contributed by atoms with Gasteiger partial charge in [-0.1, -0.05) is 0 Å². The molecule has 5 rings (SSSR count). The molecular formula is C14H12N4O. The minimum atomic E-state index is 0.0450. The van der Waals surface area contributed by atoms with Gasteiger partial charge >= 0.3 is 0 Å². The van der Waals surface area contributed by atoms with E-state index in [0.717, 1.165) is 35.0 Å². The molecule has 1 atom stereocenters. The highest BCUT2D eigenvalue weighted by atomic mass is 16.1. The molecule has 2 aromatic heterocycles. The van der Waals surface area contributed by atoms with Crippen molar-refractivity contribution in [2.24, 2.45) is 0 Å². The Hall–Kier alpha value is -2.14. The number of rotatable bonds is 0. The molecule has 0 saturated heterocycles. The van der Waals surface area contributed by atoms with Gasteiger partial charge in [-0.05, 0) is 12.5 Å². The molecule has 5 nitrogen and oxygen atoms in total. The van der Waals surface area contributed by atoms with E-state index in [-0.39, 0.29) is 11.5 Å². The Morgan fingerprint density at radius 1 is 1.42 bits per heavy atom. The highest BCUT2D eigenvalue weighted by Crippen LogP contribution is 2.39. The number of nitrogens with one attached hydrogen (secondary N) is 2. The lowest BCUT2D eigenvalue weighted by Gasteiger charge is -2.33. The summed E-state index contributed by atoms with van der Waals surface area (Å²) in [5.74, 6) is 0. The van der Waals surface area contributed by atoms with E-state index in [1.807, 2.05) is 0 Å². The second-order valence-electron chi connectivity index (χ2n) is 5.31. The van der Waals surface area contributed by atoms with E-state index in [1.165, 1.54) is 5.52 Å². The third-order valence-corrected chi connectivity index (χ3v) is 4.40. The molecule has 5 heteroatoms. The average Bonchev–Trinajstić information content (AvgIpc) is 2.89. The van der Waals surface area contributed by atoms with Crippen LogP contribution in [0.5, 0.6) is 0 Å². The Bertz CT molecular complexity index is 882. The summed E-state index contributed by atoms with van der Waals surface area (Å²) in [6.45, 7) is 1.64. The number of hydrogen-bond donors (Lipinski definition) is 2. The van der Waals surface area contributed by atoms with Crippen LogP contribution in [0.1, 0.15) is 18.0 Å². The predicted octanol–water partition coefficient (Wildman–Crippen LogP) is 1.40. The summed E-state index contributed by atoms with van der Waals surface area (Å²) < 4.78 is 2.25. The largest absolute Gasteiger partial charge is 0.369 e. The minimum Gasteiger partial charge on any atom is -0.369 e. The monoisotopic (exact) mass is 252 g/mol. The third kappa shape index (κ3) is 1.01. The molecule has 94 valence electrons. The van der Waals surface area contributed by atoms with Crippen LogP contribution in [0.4, 0.5) is 5.69 Å². The molecule has 0 bridgehead atoms. The van der Waals surface area contributed by atoms with Crippen molar-refractivity contribution in [3.05, 3.63) is 34.2 Å². The molecule has 3 aromatic rings. The quantitative estimate of drug-likeness (QED) is 0.635. The smallest absolute Gasteiger partial charge is 0.228 e. The third-order valence-electron chi connectivity index (χ3n) is 4.40. The number of aryl methyl sites for hydroxylation is 1. The normalized spacial score (nSPS) is 20.9. The van der Waals surface area contributed by atoms with Gasteiger partial charge in [0.1, 0.15) is 5.52 Å². The maximum atomic E-state index is 12.6. The molecule has 0 spiro atoms. The van der Waals surface area contributed by atoms with Gasteiger partial charge in [0.15, 0.2) is 0 Å². The summed E-state index contributed by atoms with van der Waals surface area (Å²) in [5, 5.41) is 8.74. The summed E-state index contributed by atoms with van der Waals surface area (Å²) in [4.78, 5) is 16.9. The number of benzene rings is 1. The lowest BCUT2D eigenvalue weighted by Crippen LogP contribution is -2.38. The van der Waals surface area contributed by atoms with E-state index in [9.17, 15) is 4.79 Å². The van der Waals surface area contributed by atoms with E-state index in [1.54, 1.807) is 6.20 Å². The highest BCUT2D eigenvalue weighted by Gasteiger charge is 2.31. The van der Waals surface area contributed by atoms with Crippen LogP contribution in [0.3, 0.4) is 0 Å². The molecule has 0 amide bonds. The number of aromatic nitrogens is 2. The van der Waals surface area contributed by atoms with Crippen molar-refractivity contribution in [1.29, 1.82) is 0 Å². The van der Waals surface area contributed by atoms with Gasteiger partial charge in [-0.15, -0.1) is 0 Å². The lowest BCUT2D eigenvalue weighted by atomic mass is 9.92. The molecule has 2 aliphatic rings.